The first-order chi connectivity index (χ1) is 9.69. The highest BCUT2D eigenvalue weighted by Crippen LogP contribution is 2.26. The van der Waals surface area contributed by atoms with Crippen molar-refractivity contribution in [1.82, 2.24) is 15.5 Å². The van der Waals surface area contributed by atoms with Gasteiger partial charge in [0, 0.05) is 13.5 Å². The fraction of sp³-hybridized carbons (Fsp3) is 0.786. The van der Waals surface area contributed by atoms with E-state index in [4.69, 9.17) is 9.26 Å². The summed E-state index contributed by atoms with van der Waals surface area (Å²) in [5.74, 6) is 1.52. The molecule has 2 rings (SSSR count). The number of carbonyl (C=O) groups is 1. The summed E-state index contributed by atoms with van der Waals surface area (Å²) in [5.41, 5.74) is 0. The lowest BCUT2D eigenvalue weighted by molar-refractivity contribution is -0.123. The first-order valence-corrected chi connectivity index (χ1v) is 7.30. The Morgan fingerprint density at radius 2 is 2.20 bits per heavy atom. The van der Waals surface area contributed by atoms with Crippen LogP contribution in [0, 0.1) is 5.92 Å². The molecular formula is C14H23N3O3. The minimum atomic E-state index is -0.260. The summed E-state index contributed by atoms with van der Waals surface area (Å²) in [6, 6.07) is -0.260. The SMILES string of the molecule is COCc1noc([C@H](C)NC(=O)CC2CCCCC2)n1. The zero-order chi connectivity index (χ0) is 14.4. The summed E-state index contributed by atoms with van der Waals surface area (Å²) < 4.78 is 10.0. The summed E-state index contributed by atoms with van der Waals surface area (Å²) in [7, 11) is 1.57. The van der Waals surface area contributed by atoms with E-state index >= 15 is 0 Å². The molecule has 0 saturated heterocycles. The van der Waals surface area contributed by atoms with E-state index in [0.717, 1.165) is 0 Å². The maximum absolute atomic E-state index is 12.0. The Labute approximate surface area is 119 Å². The molecule has 6 heteroatoms. The molecule has 1 N–H and O–H groups in total. The van der Waals surface area contributed by atoms with Crippen LogP contribution in [0.25, 0.3) is 0 Å². The topological polar surface area (TPSA) is 77.3 Å². The molecule has 0 bridgehead atoms. The normalized spacial score (nSPS) is 17.9. The molecule has 112 valence electrons. The van der Waals surface area contributed by atoms with Crippen LogP contribution in [0.5, 0.6) is 0 Å². The Hall–Kier alpha value is -1.43. The standard InChI is InChI=1S/C14H23N3O3/c1-10(14-16-12(9-19-2)17-20-14)15-13(18)8-11-6-4-3-5-7-11/h10-11H,3-9H2,1-2H3,(H,15,18)/t10-/m0/s1. The minimum absolute atomic E-state index is 0.0656. The minimum Gasteiger partial charge on any atom is -0.377 e. The average Bonchev–Trinajstić information content (AvgIpc) is 2.89. The van der Waals surface area contributed by atoms with Gasteiger partial charge in [-0.3, -0.25) is 4.79 Å². The molecule has 0 aromatic carbocycles. The first kappa shape index (κ1) is 15.0. The Morgan fingerprint density at radius 1 is 1.45 bits per heavy atom. The number of nitrogens with one attached hydrogen (secondary N) is 1. The van der Waals surface area contributed by atoms with Crippen molar-refractivity contribution in [3.8, 4) is 0 Å². The maximum atomic E-state index is 12.0. The van der Waals surface area contributed by atoms with Crippen LogP contribution in [0.4, 0.5) is 0 Å². The summed E-state index contributed by atoms with van der Waals surface area (Å²) in [5, 5.41) is 6.71. The summed E-state index contributed by atoms with van der Waals surface area (Å²) in [6.07, 6.45) is 6.73. The third-order valence-electron chi connectivity index (χ3n) is 3.70. The molecular weight excluding hydrogens is 258 g/mol. The van der Waals surface area contributed by atoms with Crippen molar-refractivity contribution in [2.75, 3.05) is 7.11 Å². The number of nitrogens with zero attached hydrogens (tertiary/aromatic N) is 2. The van der Waals surface area contributed by atoms with Gasteiger partial charge in [0.25, 0.3) is 0 Å². The van der Waals surface area contributed by atoms with E-state index in [2.05, 4.69) is 15.5 Å². The van der Waals surface area contributed by atoms with Gasteiger partial charge in [-0.25, -0.2) is 0 Å². The first-order valence-electron chi connectivity index (χ1n) is 7.30. The molecule has 1 aromatic rings. The largest absolute Gasteiger partial charge is 0.377 e. The lowest BCUT2D eigenvalue weighted by atomic mass is 9.87. The Balaban J connectivity index is 1.79. The van der Waals surface area contributed by atoms with Crippen LogP contribution in [0.1, 0.15) is 63.2 Å². The third-order valence-corrected chi connectivity index (χ3v) is 3.70. The lowest BCUT2D eigenvalue weighted by Crippen LogP contribution is -2.29. The molecule has 1 aliphatic rings. The van der Waals surface area contributed by atoms with Crippen molar-refractivity contribution in [3.63, 3.8) is 0 Å². The Morgan fingerprint density at radius 3 is 2.90 bits per heavy atom. The number of carbonyl (C=O) groups excluding carboxylic acids is 1. The number of hydrogen-bond donors (Lipinski definition) is 1. The van der Waals surface area contributed by atoms with E-state index in [0.29, 0.717) is 30.7 Å². The molecule has 1 saturated carbocycles. The predicted molar refractivity (Wildman–Crippen MR) is 72.8 cm³/mol. The molecule has 1 fully saturated rings. The van der Waals surface area contributed by atoms with E-state index < -0.39 is 0 Å². The van der Waals surface area contributed by atoms with E-state index in [-0.39, 0.29) is 11.9 Å². The van der Waals surface area contributed by atoms with Crippen LogP contribution in [0.15, 0.2) is 4.52 Å². The second kappa shape index (κ2) is 7.38. The molecule has 0 spiro atoms. The molecule has 1 atom stereocenters. The van der Waals surface area contributed by atoms with Gasteiger partial charge in [-0.05, 0) is 25.7 Å². The average molecular weight is 281 g/mol. The van der Waals surface area contributed by atoms with Crippen LogP contribution in [0.2, 0.25) is 0 Å². The van der Waals surface area contributed by atoms with E-state index in [1.807, 2.05) is 6.92 Å². The van der Waals surface area contributed by atoms with Crippen LogP contribution in [-0.4, -0.2) is 23.2 Å². The number of hydrogen-bond acceptors (Lipinski definition) is 5. The third kappa shape index (κ3) is 4.30. The van der Waals surface area contributed by atoms with E-state index in [1.165, 1.54) is 32.1 Å². The van der Waals surface area contributed by atoms with Crippen molar-refractivity contribution in [2.45, 2.75) is 58.1 Å². The van der Waals surface area contributed by atoms with Gasteiger partial charge in [-0.2, -0.15) is 4.98 Å². The van der Waals surface area contributed by atoms with Crippen molar-refractivity contribution in [1.29, 1.82) is 0 Å². The van der Waals surface area contributed by atoms with Gasteiger partial charge >= 0.3 is 0 Å². The van der Waals surface area contributed by atoms with Crippen molar-refractivity contribution < 1.29 is 14.1 Å². The maximum Gasteiger partial charge on any atom is 0.249 e. The van der Waals surface area contributed by atoms with Gasteiger partial charge in [0.15, 0.2) is 5.82 Å². The molecule has 0 radical (unpaired) electrons. The smallest absolute Gasteiger partial charge is 0.249 e. The van der Waals surface area contributed by atoms with Gasteiger partial charge in [0.05, 0.1) is 0 Å². The highest BCUT2D eigenvalue weighted by atomic mass is 16.5. The number of ether oxygens (including phenoxy) is 1. The number of amides is 1. The molecule has 6 nitrogen and oxygen atoms in total. The van der Waals surface area contributed by atoms with Gasteiger partial charge in [-0.15, -0.1) is 0 Å². The van der Waals surface area contributed by atoms with Crippen molar-refractivity contribution in [2.24, 2.45) is 5.92 Å². The highest BCUT2D eigenvalue weighted by molar-refractivity contribution is 5.76. The zero-order valence-electron chi connectivity index (χ0n) is 12.2. The van der Waals surface area contributed by atoms with Gasteiger partial charge < -0.3 is 14.6 Å². The van der Waals surface area contributed by atoms with Crippen molar-refractivity contribution >= 4 is 5.91 Å². The molecule has 1 amide bonds. The predicted octanol–water partition coefficient (Wildman–Crippen LogP) is 2.36. The van der Waals surface area contributed by atoms with Gasteiger partial charge in [0.1, 0.15) is 12.6 Å². The fourth-order valence-corrected chi connectivity index (χ4v) is 2.65. The van der Waals surface area contributed by atoms with Crippen LogP contribution in [-0.2, 0) is 16.1 Å². The van der Waals surface area contributed by atoms with Crippen LogP contribution in [0.3, 0.4) is 0 Å². The summed E-state index contributed by atoms with van der Waals surface area (Å²) in [4.78, 5) is 16.2. The summed E-state index contributed by atoms with van der Waals surface area (Å²) in [6.45, 7) is 2.16. The van der Waals surface area contributed by atoms with Gasteiger partial charge in [0.2, 0.25) is 11.8 Å². The summed E-state index contributed by atoms with van der Waals surface area (Å²) >= 11 is 0. The lowest BCUT2D eigenvalue weighted by Gasteiger charge is -2.21. The monoisotopic (exact) mass is 281 g/mol. The number of aromatic nitrogens is 2. The van der Waals surface area contributed by atoms with E-state index in [9.17, 15) is 4.79 Å². The van der Waals surface area contributed by atoms with Crippen molar-refractivity contribution in [3.05, 3.63) is 11.7 Å². The molecule has 1 aliphatic carbocycles. The Kier molecular flexibility index (Phi) is 5.52. The number of methoxy groups -OCH3 is 1. The molecule has 1 heterocycles. The molecule has 1 aromatic heterocycles. The van der Waals surface area contributed by atoms with E-state index in [1.54, 1.807) is 7.11 Å². The van der Waals surface area contributed by atoms with Gasteiger partial charge in [-0.1, -0.05) is 24.4 Å². The Bertz CT molecular complexity index is 427. The fourth-order valence-electron chi connectivity index (χ4n) is 2.65. The second-order valence-electron chi connectivity index (χ2n) is 5.48. The van der Waals surface area contributed by atoms with Crippen LogP contribution < -0.4 is 5.32 Å². The zero-order valence-corrected chi connectivity index (χ0v) is 12.2. The quantitative estimate of drug-likeness (QED) is 0.866. The molecule has 20 heavy (non-hydrogen) atoms. The van der Waals surface area contributed by atoms with Crippen LogP contribution >= 0.6 is 0 Å². The second-order valence-corrected chi connectivity index (χ2v) is 5.48. The molecule has 0 aliphatic heterocycles. The highest BCUT2D eigenvalue weighted by Gasteiger charge is 2.20. The molecule has 0 unspecified atom stereocenters. The number of rotatable bonds is 6.